The lowest BCUT2D eigenvalue weighted by Crippen LogP contribution is -2.58. The first-order valence-corrected chi connectivity index (χ1v) is 18.7. The lowest BCUT2D eigenvalue weighted by Gasteiger charge is -2.55. The number of carboxylic acid groups (broad SMARTS) is 1. The van der Waals surface area contributed by atoms with Crippen molar-refractivity contribution < 1.29 is 33.8 Å². The Labute approximate surface area is 310 Å². The number of carbonyl (C=O) groups is 4. The summed E-state index contributed by atoms with van der Waals surface area (Å²) in [6, 6.07) is 0. The molecule has 0 amide bonds. The topological polar surface area (TPSA) is 107 Å². The van der Waals surface area contributed by atoms with Crippen molar-refractivity contribution in [2.75, 3.05) is 0 Å². The molecule has 7 nitrogen and oxygen atoms in total. The van der Waals surface area contributed by atoms with Gasteiger partial charge in [0.25, 0.3) is 0 Å². The number of rotatable bonds is 5. The number of cyclic esters (lactones) is 2. The molecule has 10 fully saturated rings. The number of hydrogen-bond donors (Lipinski definition) is 1. The van der Waals surface area contributed by atoms with Crippen LogP contribution in [0.1, 0.15) is 136 Å². The van der Waals surface area contributed by atoms with Gasteiger partial charge in [0.2, 0.25) is 0 Å². The molecule has 0 aromatic carbocycles. The van der Waals surface area contributed by atoms with Gasteiger partial charge in [-0.2, -0.15) is 0 Å². The van der Waals surface area contributed by atoms with Gasteiger partial charge in [-0.25, -0.2) is 0 Å². The van der Waals surface area contributed by atoms with E-state index in [-0.39, 0.29) is 121 Å². The van der Waals surface area contributed by atoms with Crippen LogP contribution in [-0.4, -0.2) is 34.6 Å². The Morgan fingerprint density at radius 2 is 1.22 bits per heavy atom. The second-order valence-corrected chi connectivity index (χ2v) is 18.5. The quantitative estimate of drug-likeness (QED) is 0.223. The fraction of sp³-hybridized carbons (Fsp3) is 0.909. The first-order chi connectivity index (χ1) is 21.5. The molecule has 292 valence electrons. The van der Waals surface area contributed by atoms with E-state index in [1.165, 1.54) is 25.7 Å². The van der Waals surface area contributed by atoms with Gasteiger partial charge in [-0.3, -0.25) is 19.2 Å². The summed E-state index contributed by atoms with van der Waals surface area (Å²) in [4.78, 5) is 52.1. The van der Waals surface area contributed by atoms with E-state index in [4.69, 9.17) is 9.47 Å². The van der Waals surface area contributed by atoms with Crippen molar-refractivity contribution in [1.82, 2.24) is 0 Å². The van der Waals surface area contributed by atoms with Crippen LogP contribution < -0.4 is 0 Å². The summed E-state index contributed by atoms with van der Waals surface area (Å²) in [5.41, 5.74) is -0.0201. The van der Waals surface area contributed by atoms with Crippen LogP contribution in [0.15, 0.2) is 0 Å². The fourth-order valence-electron chi connectivity index (χ4n) is 16.2. The van der Waals surface area contributed by atoms with Crippen LogP contribution in [0.25, 0.3) is 0 Å². The molecule has 51 heavy (non-hydrogen) atoms. The lowest BCUT2D eigenvalue weighted by atomic mass is 9.53. The molecule has 10 rings (SSSR count). The number of fused-ring (bicyclic) bond motifs is 8. The normalized spacial score (nSPS) is 53.8. The third kappa shape index (κ3) is 5.06. The minimum Gasteiger partial charge on any atom is -0.481 e. The predicted octanol–water partition coefficient (Wildman–Crippen LogP) is 9.80. The second-order valence-electron chi connectivity index (χ2n) is 18.5. The maximum absolute atomic E-state index is 14.2. The molecule has 9 aliphatic carbocycles. The molecule has 1 heterocycles. The van der Waals surface area contributed by atoms with E-state index >= 15 is 0 Å². The highest BCUT2D eigenvalue weighted by Crippen LogP contribution is 2.85. The van der Waals surface area contributed by atoms with Crippen LogP contribution in [0.4, 0.5) is 0 Å². The van der Waals surface area contributed by atoms with E-state index in [1.54, 1.807) is 0 Å². The summed E-state index contributed by atoms with van der Waals surface area (Å²) in [6.45, 7) is 6.90. The molecule has 1 saturated heterocycles. The summed E-state index contributed by atoms with van der Waals surface area (Å²) >= 11 is 0. The smallest absolute Gasteiger partial charge is 0.317 e. The molecule has 9 saturated carbocycles. The van der Waals surface area contributed by atoms with Crippen LogP contribution in [0.5, 0.6) is 0 Å². The van der Waals surface area contributed by atoms with Crippen molar-refractivity contribution in [1.29, 1.82) is 0 Å². The van der Waals surface area contributed by atoms with E-state index in [1.807, 2.05) is 0 Å². The van der Waals surface area contributed by atoms with E-state index in [0.29, 0.717) is 48.3 Å². The lowest BCUT2D eigenvalue weighted by molar-refractivity contribution is -0.208. The molecule has 4 bridgehead atoms. The molecule has 0 aromatic heterocycles. The SMILES string of the molecule is C.C.C.C.C.C.CC1C2CC(CC2C(=O)O)C1C1CC2C(=O)OC(=O)C2CC1C1C(C)C2CC(C(=O)OC3(C)CC4C5CCCC5C5CC453)C1C2. The molecule has 0 aromatic rings. The monoisotopic (exact) mass is 715 g/mol. The number of ether oxygens (including phenoxy) is 2. The number of carbonyl (C=O) groups excluding carboxylic acids is 3. The van der Waals surface area contributed by atoms with Gasteiger partial charge in [-0.1, -0.05) is 64.8 Å². The zero-order valence-corrected chi connectivity index (χ0v) is 27.1. The fourth-order valence-corrected chi connectivity index (χ4v) is 16.2. The van der Waals surface area contributed by atoms with Crippen LogP contribution in [0.2, 0.25) is 0 Å². The Morgan fingerprint density at radius 1 is 0.667 bits per heavy atom. The van der Waals surface area contributed by atoms with Crippen molar-refractivity contribution in [3.8, 4) is 0 Å². The van der Waals surface area contributed by atoms with Crippen LogP contribution >= 0.6 is 0 Å². The summed E-state index contributed by atoms with van der Waals surface area (Å²) in [6.07, 6.45) is 11.5. The maximum atomic E-state index is 14.2. The van der Waals surface area contributed by atoms with Crippen molar-refractivity contribution in [3.63, 3.8) is 0 Å². The Kier molecular flexibility index (Phi) is 11.0. The molecule has 7 heteroatoms. The summed E-state index contributed by atoms with van der Waals surface area (Å²) in [5.74, 6) is 4.27. The average Bonchev–Trinajstić information content (AvgIpc) is 3.64. The van der Waals surface area contributed by atoms with Gasteiger partial charge in [0.1, 0.15) is 5.60 Å². The Bertz CT molecular complexity index is 1380. The molecule has 20 atom stereocenters. The third-order valence-electron chi connectivity index (χ3n) is 17.8. The van der Waals surface area contributed by atoms with E-state index in [9.17, 15) is 24.3 Å². The Morgan fingerprint density at radius 3 is 1.78 bits per heavy atom. The standard InChI is InChI=1S/C38H50O7.6CH4/c1-15-17-7-22(26(8-17)36(43)45-37(3)13-29-19-5-4-6-20(19)30-14-38(29,30)37)32(15)24-12-28-27(34(41)44-35(28)42)11-23(24)31-16(2)21-9-18(31)10-25(21)33(39)40;;;;;;/h15-32H,4-14H2,1-3H3,(H,39,40);6*1H4. The van der Waals surface area contributed by atoms with Gasteiger partial charge in [0.15, 0.2) is 0 Å². The number of hydrogen-bond acceptors (Lipinski definition) is 6. The number of esters is 3. The van der Waals surface area contributed by atoms with Crippen molar-refractivity contribution in [2.24, 2.45) is 112 Å². The van der Waals surface area contributed by atoms with Crippen molar-refractivity contribution in [2.45, 2.75) is 142 Å². The minimum atomic E-state index is -0.662. The Balaban J connectivity index is 0.000000972. The van der Waals surface area contributed by atoms with Gasteiger partial charge in [-0.15, -0.1) is 0 Å². The van der Waals surface area contributed by atoms with Gasteiger partial charge >= 0.3 is 23.9 Å². The molecule has 0 radical (unpaired) electrons. The van der Waals surface area contributed by atoms with E-state index in [0.717, 1.165) is 55.8 Å². The van der Waals surface area contributed by atoms with Crippen molar-refractivity contribution in [3.05, 3.63) is 0 Å². The predicted molar refractivity (Wildman–Crippen MR) is 201 cm³/mol. The molecule has 1 spiro atoms. The zero-order chi connectivity index (χ0) is 30.9. The molecule has 1 N–H and O–H groups in total. The third-order valence-corrected chi connectivity index (χ3v) is 17.8. The highest BCUT2D eigenvalue weighted by Gasteiger charge is 2.84. The first kappa shape index (κ1) is 41.8. The minimum absolute atomic E-state index is 0. The largest absolute Gasteiger partial charge is 0.481 e. The van der Waals surface area contributed by atoms with Gasteiger partial charge < -0.3 is 14.6 Å². The van der Waals surface area contributed by atoms with E-state index in [2.05, 4.69) is 20.8 Å². The maximum Gasteiger partial charge on any atom is 0.317 e. The highest BCUT2D eigenvalue weighted by molar-refractivity contribution is 5.96. The zero-order valence-electron chi connectivity index (χ0n) is 27.1. The summed E-state index contributed by atoms with van der Waals surface area (Å²) < 4.78 is 11.9. The molecule has 10 aliphatic rings. The van der Waals surface area contributed by atoms with E-state index < -0.39 is 5.97 Å². The second kappa shape index (κ2) is 13.4. The Hall–Kier alpha value is -1.92. The number of carboxylic acids is 1. The summed E-state index contributed by atoms with van der Waals surface area (Å²) in [7, 11) is 0. The highest BCUT2D eigenvalue weighted by atomic mass is 16.6. The van der Waals surface area contributed by atoms with Crippen molar-refractivity contribution >= 4 is 23.9 Å². The van der Waals surface area contributed by atoms with Gasteiger partial charge in [0.05, 0.1) is 23.7 Å². The summed E-state index contributed by atoms with van der Waals surface area (Å²) in [5, 5.41) is 9.92. The van der Waals surface area contributed by atoms with Gasteiger partial charge in [0, 0.05) is 5.41 Å². The van der Waals surface area contributed by atoms with Crippen LogP contribution in [0, 0.1) is 112 Å². The average molecular weight is 715 g/mol. The first-order valence-electron chi connectivity index (χ1n) is 18.7. The molecule has 1 aliphatic heterocycles. The molecular formula is C44H74O7. The van der Waals surface area contributed by atoms with Crippen LogP contribution in [0.3, 0.4) is 0 Å². The van der Waals surface area contributed by atoms with Crippen LogP contribution in [-0.2, 0) is 28.7 Å². The number of aliphatic carboxylic acids is 1. The van der Waals surface area contributed by atoms with Gasteiger partial charge in [-0.05, 0) is 154 Å². The molecular weight excluding hydrogens is 640 g/mol. The molecule has 20 unspecified atom stereocenters.